The number of hydrogen-bond acceptors (Lipinski definition) is 3. The van der Waals surface area contributed by atoms with Crippen LogP contribution in [0.15, 0.2) is 24.3 Å². The van der Waals surface area contributed by atoms with Crippen molar-refractivity contribution in [3.05, 3.63) is 29.8 Å². The summed E-state index contributed by atoms with van der Waals surface area (Å²) in [7, 11) is 1.74. The summed E-state index contributed by atoms with van der Waals surface area (Å²) in [6, 6.07) is 8.91. The molecule has 0 amide bonds. The molecule has 0 radical (unpaired) electrons. The summed E-state index contributed by atoms with van der Waals surface area (Å²) in [5, 5.41) is 3.47. The minimum absolute atomic E-state index is 0.612. The first-order valence-corrected chi connectivity index (χ1v) is 6.37. The molecule has 3 heteroatoms. The van der Waals surface area contributed by atoms with Crippen molar-refractivity contribution in [2.45, 2.75) is 19.4 Å². The van der Waals surface area contributed by atoms with Gasteiger partial charge in [0.25, 0.3) is 0 Å². The lowest BCUT2D eigenvalue weighted by molar-refractivity contribution is 0.209. The van der Waals surface area contributed by atoms with E-state index in [4.69, 9.17) is 4.74 Å². The van der Waals surface area contributed by atoms with E-state index in [9.17, 15) is 0 Å². The number of methoxy groups -OCH3 is 1. The van der Waals surface area contributed by atoms with E-state index in [1.54, 1.807) is 7.11 Å². The Labute approximate surface area is 104 Å². The Morgan fingerprint density at radius 2 is 2.24 bits per heavy atom. The van der Waals surface area contributed by atoms with Gasteiger partial charge in [0.15, 0.2) is 0 Å². The van der Waals surface area contributed by atoms with Crippen molar-refractivity contribution < 1.29 is 4.74 Å². The van der Waals surface area contributed by atoms with Gasteiger partial charge in [-0.2, -0.15) is 0 Å². The highest BCUT2D eigenvalue weighted by molar-refractivity contribution is 5.33. The van der Waals surface area contributed by atoms with Crippen LogP contribution in [0.5, 0.6) is 5.75 Å². The quantitative estimate of drug-likeness (QED) is 0.855. The highest BCUT2D eigenvalue weighted by Gasteiger charge is 2.15. The number of piperazine rings is 1. The van der Waals surface area contributed by atoms with Crippen LogP contribution in [0, 0.1) is 0 Å². The largest absolute Gasteiger partial charge is 0.496 e. The number of para-hydroxylation sites is 1. The molecule has 1 N–H and O–H groups in total. The van der Waals surface area contributed by atoms with Gasteiger partial charge >= 0.3 is 0 Å². The van der Waals surface area contributed by atoms with Crippen LogP contribution in [0.25, 0.3) is 0 Å². The molecular formula is C14H22N2O. The fourth-order valence-corrected chi connectivity index (χ4v) is 2.40. The van der Waals surface area contributed by atoms with E-state index in [0.29, 0.717) is 6.04 Å². The van der Waals surface area contributed by atoms with E-state index in [0.717, 1.165) is 38.3 Å². The molecule has 1 aliphatic heterocycles. The molecule has 1 aromatic carbocycles. The average molecular weight is 234 g/mol. The molecule has 0 bridgehead atoms. The van der Waals surface area contributed by atoms with Gasteiger partial charge in [0.1, 0.15) is 5.75 Å². The van der Waals surface area contributed by atoms with Gasteiger partial charge in [-0.25, -0.2) is 0 Å². The van der Waals surface area contributed by atoms with Gasteiger partial charge in [-0.15, -0.1) is 0 Å². The van der Waals surface area contributed by atoms with Crippen molar-refractivity contribution in [2.24, 2.45) is 0 Å². The van der Waals surface area contributed by atoms with Crippen molar-refractivity contribution in [2.75, 3.05) is 33.3 Å². The number of nitrogens with zero attached hydrogens (tertiary/aromatic N) is 1. The Bertz CT molecular complexity index is 354. The molecule has 3 nitrogen and oxygen atoms in total. The maximum Gasteiger partial charge on any atom is 0.122 e. The zero-order chi connectivity index (χ0) is 12.1. The van der Waals surface area contributed by atoms with Crippen LogP contribution in [0.2, 0.25) is 0 Å². The van der Waals surface area contributed by atoms with Crippen LogP contribution in [-0.4, -0.2) is 44.2 Å². The Hall–Kier alpha value is -1.06. The summed E-state index contributed by atoms with van der Waals surface area (Å²) in [6.07, 6.45) is 1.07. The van der Waals surface area contributed by atoms with Crippen LogP contribution >= 0.6 is 0 Å². The molecule has 17 heavy (non-hydrogen) atoms. The third-order valence-electron chi connectivity index (χ3n) is 3.34. The van der Waals surface area contributed by atoms with Gasteiger partial charge in [-0.05, 0) is 25.0 Å². The monoisotopic (exact) mass is 234 g/mol. The summed E-state index contributed by atoms with van der Waals surface area (Å²) >= 11 is 0. The van der Waals surface area contributed by atoms with Crippen molar-refractivity contribution in [3.8, 4) is 5.75 Å². The van der Waals surface area contributed by atoms with E-state index < -0.39 is 0 Å². The number of ether oxygens (including phenoxy) is 1. The van der Waals surface area contributed by atoms with Gasteiger partial charge in [0.05, 0.1) is 7.11 Å². The number of benzene rings is 1. The fourth-order valence-electron chi connectivity index (χ4n) is 2.40. The van der Waals surface area contributed by atoms with Crippen molar-refractivity contribution in [1.29, 1.82) is 0 Å². The molecule has 1 fully saturated rings. The first-order valence-electron chi connectivity index (χ1n) is 6.37. The third kappa shape index (κ3) is 3.45. The van der Waals surface area contributed by atoms with Crippen molar-refractivity contribution in [1.82, 2.24) is 10.2 Å². The van der Waals surface area contributed by atoms with Crippen LogP contribution in [0.4, 0.5) is 0 Å². The molecule has 1 atom stereocenters. The molecule has 0 aliphatic carbocycles. The summed E-state index contributed by atoms with van der Waals surface area (Å²) in [5.41, 5.74) is 1.31. The first-order chi connectivity index (χ1) is 8.29. The molecule has 0 aromatic heterocycles. The Balaban J connectivity index is 1.88. The first kappa shape index (κ1) is 12.4. The molecule has 94 valence electrons. The highest BCUT2D eigenvalue weighted by Crippen LogP contribution is 2.18. The highest BCUT2D eigenvalue weighted by atomic mass is 16.5. The predicted molar refractivity (Wildman–Crippen MR) is 70.6 cm³/mol. The number of hydrogen-bond donors (Lipinski definition) is 1. The topological polar surface area (TPSA) is 24.5 Å². The van der Waals surface area contributed by atoms with E-state index >= 15 is 0 Å². The molecule has 1 aromatic rings. The van der Waals surface area contributed by atoms with E-state index in [1.165, 1.54) is 5.56 Å². The maximum absolute atomic E-state index is 5.38. The average Bonchev–Trinajstić information content (AvgIpc) is 2.37. The van der Waals surface area contributed by atoms with E-state index in [1.807, 2.05) is 12.1 Å². The summed E-state index contributed by atoms with van der Waals surface area (Å²) < 4.78 is 5.38. The smallest absolute Gasteiger partial charge is 0.122 e. The summed E-state index contributed by atoms with van der Waals surface area (Å²) in [4.78, 5) is 2.52. The standard InChI is InChI=1S/C14H22N2O/c1-12-11-16(10-8-15-12)9-7-13-5-3-4-6-14(13)17-2/h3-6,12,15H,7-11H2,1-2H3. The van der Waals surface area contributed by atoms with E-state index in [2.05, 4.69) is 29.3 Å². The second kappa shape index (κ2) is 6.03. The minimum Gasteiger partial charge on any atom is -0.496 e. The number of nitrogens with one attached hydrogen (secondary N) is 1. The molecule has 1 aliphatic rings. The lowest BCUT2D eigenvalue weighted by Crippen LogP contribution is -2.49. The van der Waals surface area contributed by atoms with E-state index in [-0.39, 0.29) is 0 Å². The SMILES string of the molecule is COc1ccccc1CCN1CCNC(C)C1. The molecule has 1 heterocycles. The lowest BCUT2D eigenvalue weighted by Gasteiger charge is -2.31. The molecular weight excluding hydrogens is 212 g/mol. The fraction of sp³-hybridized carbons (Fsp3) is 0.571. The molecule has 0 saturated carbocycles. The third-order valence-corrected chi connectivity index (χ3v) is 3.34. The van der Waals surface area contributed by atoms with Gasteiger partial charge in [0, 0.05) is 32.2 Å². The Morgan fingerprint density at radius 3 is 3.00 bits per heavy atom. The molecule has 1 unspecified atom stereocenters. The molecule has 1 saturated heterocycles. The maximum atomic E-state index is 5.38. The predicted octanol–water partition coefficient (Wildman–Crippen LogP) is 1.53. The van der Waals surface area contributed by atoms with Crippen LogP contribution in [0.3, 0.4) is 0 Å². The Morgan fingerprint density at radius 1 is 1.41 bits per heavy atom. The van der Waals surface area contributed by atoms with Gasteiger partial charge in [0.2, 0.25) is 0 Å². The normalized spacial score (nSPS) is 21.4. The van der Waals surface area contributed by atoms with Crippen LogP contribution < -0.4 is 10.1 Å². The van der Waals surface area contributed by atoms with Crippen LogP contribution in [-0.2, 0) is 6.42 Å². The lowest BCUT2D eigenvalue weighted by atomic mass is 10.1. The molecule has 2 rings (SSSR count). The Kier molecular flexibility index (Phi) is 4.40. The van der Waals surface area contributed by atoms with Crippen molar-refractivity contribution in [3.63, 3.8) is 0 Å². The van der Waals surface area contributed by atoms with Gasteiger partial charge in [-0.3, -0.25) is 0 Å². The zero-order valence-electron chi connectivity index (χ0n) is 10.8. The second-order valence-electron chi connectivity index (χ2n) is 4.72. The summed E-state index contributed by atoms with van der Waals surface area (Å²) in [6.45, 7) is 6.77. The molecule has 0 spiro atoms. The second-order valence-corrected chi connectivity index (χ2v) is 4.72. The van der Waals surface area contributed by atoms with Gasteiger partial charge < -0.3 is 15.0 Å². The van der Waals surface area contributed by atoms with Gasteiger partial charge in [-0.1, -0.05) is 18.2 Å². The summed E-state index contributed by atoms with van der Waals surface area (Å²) in [5.74, 6) is 1.01. The van der Waals surface area contributed by atoms with Crippen LogP contribution in [0.1, 0.15) is 12.5 Å². The minimum atomic E-state index is 0.612. The van der Waals surface area contributed by atoms with Crippen molar-refractivity contribution >= 4 is 0 Å². The zero-order valence-corrected chi connectivity index (χ0v) is 10.8. The number of rotatable bonds is 4.